The number of nitrogens with two attached hydrogens (primary N) is 1. The van der Waals surface area contributed by atoms with Gasteiger partial charge in [0, 0.05) is 29.9 Å². The lowest BCUT2D eigenvalue weighted by atomic mass is 9.72. The van der Waals surface area contributed by atoms with Crippen LogP contribution in [-0.4, -0.2) is 38.2 Å². The summed E-state index contributed by atoms with van der Waals surface area (Å²) in [7, 11) is 0. The van der Waals surface area contributed by atoms with Gasteiger partial charge in [-0.2, -0.15) is 5.10 Å². The Morgan fingerprint density at radius 3 is 2.54 bits per heavy atom. The standard InChI is InChI=1S/C25H28N6O4/c1-4-25(12-11-21(33)30-24(25)35)16-5-7-17(8-6-16)29-20(32)10-9-18-14(2)28-23-19(22(26)34)13-27-31(23)15(18)3/h5-8,13H,4,9-12H2,1-3H3,(H2,26,34)(H,29,32)(H,30,33,35). The van der Waals surface area contributed by atoms with Gasteiger partial charge >= 0.3 is 0 Å². The minimum Gasteiger partial charge on any atom is -0.365 e. The third-order valence-corrected chi connectivity index (χ3v) is 6.87. The summed E-state index contributed by atoms with van der Waals surface area (Å²) in [5, 5.41) is 9.54. The zero-order valence-electron chi connectivity index (χ0n) is 20.0. The molecule has 1 aliphatic rings. The number of carbonyl (C=O) groups is 4. The summed E-state index contributed by atoms with van der Waals surface area (Å²) in [6.07, 6.45) is 3.42. The smallest absolute Gasteiger partial charge is 0.254 e. The first-order chi connectivity index (χ1) is 16.7. The highest BCUT2D eigenvalue weighted by molar-refractivity contribution is 6.03. The number of amides is 4. The molecule has 1 fully saturated rings. The average molecular weight is 477 g/mol. The van der Waals surface area contributed by atoms with Crippen LogP contribution in [0.2, 0.25) is 0 Å². The average Bonchev–Trinajstić information content (AvgIpc) is 3.24. The predicted molar refractivity (Wildman–Crippen MR) is 129 cm³/mol. The minimum atomic E-state index is -0.738. The fourth-order valence-corrected chi connectivity index (χ4v) is 4.75. The van der Waals surface area contributed by atoms with E-state index in [1.54, 1.807) is 16.6 Å². The molecule has 2 aromatic heterocycles. The van der Waals surface area contributed by atoms with Crippen LogP contribution >= 0.6 is 0 Å². The molecule has 0 spiro atoms. The molecule has 0 bridgehead atoms. The van der Waals surface area contributed by atoms with Crippen molar-refractivity contribution >= 4 is 35.0 Å². The van der Waals surface area contributed by atoms with Crippen molar-refractivity contribution in [2.75, 3.05) is 5.32 Å². The first kappa shape index (κ1) is 24.1. The van der Waals surface area contributed by atoms with Crippen molar-refractivity contribution in [2.45, 2.75) is 58.3 Å². The summed E-state index contributed by atoms with van der Waals surface area (Å²) in [6.45, 7) is 5.62. The van der Waals surface area contributed by atoms with E-state index < -0.39 is 11.3 Å². The van der Waals surface area contributed by atoms with E-state index in [1.807, 2.05) is 32.9 Å². The number of rotatable bonds is 7. The Balaban J connectivity index is 1.44. The molecule has 182 valence electrons. The number of aromatic nitrogens is 3. The molecule has 1 saturated heterocycles. The first-order valence-electron chi connectivity index (χ1n) is 11.5. The predicted octanol–water partition coefficient (Wildman–Crippen LogP) is 2.10. The first-order valence-corrected chi connectivity index (χ1v) is 11.5. The summed E-state index contributed by atoms with van der Waals surface area (Å²) in [5.41, 5.74) is 9.15. The molecular weight excluding hydrogens is 448 g/mol. The number of primary amides is 1. The largest absolute Gasteiger partial charge is 0.365 e. The fourth-order valence-electron chi connectivity index (χ4n) is 4.75. The minimum absolute atomic E-state index is 0.166. The highest BCUT2D eigenvalue weighted by atomic mass is 16.2. The van der Waals surface area contributed by atoms with Crippen molar-refractivity contribution in [1.29, 1.82) is 0 Å². The Kier molecular flexibility index (Phi) is 6.38. The third-order valence-electron chi connectivity index (χ3n) is 6.87. The van der Waals surface area contributed by atoms with Crippen LogP contribution in [0.15, 0.2) is 30.5 Å². The van der Waals surface area contributed by atoms with E-state index in [1.165, 1.54) is 6.20 Å². The molecule has 1 unspecified atom stereocenters. The number of fused-ring (bicyclic) bond motifs is 1. The molecule has 0 saturated carbocycles. The molecule has 3 aromatic rings. The highest BCUT2D eigenvalue weighted by Gasteiger charge is 2.42. The number of hydrogen-bond donors (Lipinski definition) is 3. The number of aryl methyl sites for hydroxylation is 2. The van der Waals surface area contributed by atoms with E-state index >= 15 is 0 Å². The molecule has 10 heteroatoms. The van der Waals surface area contributed by atoms with Gasteiger partial charge in [-0.05, 0) is 56.4 Å². The van der Waals surface area contributed by atoms with E-state index in [4.69, 9.17) is 5.73 Å². The van der Waals surface area contributed by atoms with Crippen LogP contribution in [0.1, 0.15) is 65.5 Å². The molecule has 10 nitrogen and oxygen atoms in total. The van der Waals surface area contributed by atoms with Gasteiger partial charge in [-0.15, -0.1) is 0 Å². The molecule has 3 heterocycles. The topological polar surface area (TPSA) is 149 Å². The van der Waals surface area contributed by atoms with Crippen LogP contribution in [0.5, 0.6) is 0 Å². The number of carbonyl (C=O) groups excluding carboxylic acids is 4. The Hall–Kier alpha value is -4.08. The van der Waals surface area contributed by atoms with Crippen molar-refractivity contribution < 1.29 is 19.2 Å². The van der Waals surface area contributed by atoms with Crippen LogP contribution in [0.25, 0.3) is 5.65 Å². The van der Waals surface area contributed by atoms with Crippen LogP contribution in [0.3, 0.4) is 0 Å². The normalized spacial score (nSPS) is 17.9. The molecule has 4 rings (SSSR count). The van der Waals surface area contributed by atoms with Gasteiger partial charge in [-0.3, -0.25) is 24.5 Å². The monoisotopic (exact) mass is 476 g/mol. The Morgan fingerprint density at radius 2 is 1.91 bits per heavy atom. The zero-order valence-corrected chi connectivity index (χ0v) is 20.0. The van der Waals surface area contributed by atoms with Crippen molar-refractivity contribution in [3.05, 3.63) is 58.5 Å². The van der Waals surface area contributed by atoms with Crippen LogP contribution in [0.4, 0.5) is 5.69 Å². The van der Waals surface area contributed by atoms with Gasteiger partial charge in [-0.25, -0.2) is 9.50 Å². The van der Waals surface area contributed by atoms with Gasteiger partial charge in [0.05, 0.1) is 11.6 Å². The van der Waals surface area contributed by atoms with Crippen molar-refractivity contribution in [3.8, 4) is 0 Å². The molecular formula is C25H28N6O4. The van der Waals surface area contributed by atoms with Gasteiger partial charge in [0.25, 0.3) is 5.91 Å². The summed E-state index contributed by atoms with van der Waals surface area (Å²) in [4.78, 5) is 52.9. The lowest BCUT2D eigenvalue weighted by molar-refractivity contribution is -0.138. The van der Waals surface area contributed by atoms with Gasteiger partial charge in [0.1, 0.15) is 5.56 Å². The second kappa shape index (κ2) is 9.28. The Bertz CT molecular complexity index is 1340. The van der Waals surface area contributed by atoms with Crippen LogP contribution in [-0.2, 0) is 26.2 Å². The summed E-state index contributed by atoms with van der Waals surface area (Å²) in [6, 6.07) is 7.20. The lowest BCUT2D eigenvalue weighted by Gasteiger charge is -2.35. The molecule has 1 aliphatic heterocycles. The number of nitrogens with one attached hydrogen (secondary N) is 2. The van der Waals surface area contributed by atoms with Gasteiger partial charge in [0.2, 0.25) is 17.7 Å². The summed E-state index contributed by atoms with van der Waals surface area (Å²) in [5.74, 6) is -1.28. The van der Waals surface area contributed by atoms with E-state index in [0.717, 1.165) is 16.8 Å². The second-order valence-electron chi connectivity index (χ2n) is 8.86. The maximum absolute atomic E-state index is 12.6. The number of anilines is 1. The van der Waals surface area contributed by atoms with Gasteiger partial charge < -0.3 is 11.1 Å². The molecule has 4 N–H and O–H groups in total. The van der Waals surface area contributed by atoms with E-state index in [-0.39, 0.29) is 29.7 Å². The van der Waals surface area contributed by atoms with Gasteiger partial charge in [0.15, 0.2) is 5.65 Å². The van der Waals surface area contributed by atoms with Crippen molar-refractivity contribution in [1.82, 2.24) is 19.9 Å². The van der Waals surface area contributed by atoms with E-state index in [9.17, 15) is 19.2 Å². The zero-order chi connectivity index (χ0) is 25.3. The molecule has 0 aliphatic carbocycles. The fraction of sp³-hybridized carbons (Fsp3) is 0.360. The number of nitrogens with zero attached hydrogens (tertiary/aromatic N) is 3. The van der Waals surface area contributed by atoms with Crippen LogP contribution < -0.4 is 16.4 Å². The number of imide groups is 1. The highest BCUT2D eigenvalue weighted by Crippen LogP contribution is 2.36. The Labute approximate surface area is 202 Å². The quantitative estimate of drug-likeness (QED) is 0.445. The van der Waals surface area contributed by atoms with E-state index in [0.29, 0.717) is 42.7 Å². The van der Waals surface area contributed by atoms with Crippen molar-refractivity contribution in [2.24, 2.45) is 5.73 Å². The SMILES string of the molecule is CCC1(c2ccc(NC(=O)CCc3c(C)nc4c(C(N)=O)cnn4c3C)cc2)CCC(=O)NC1=O. The van der Waals surface area contributed by atoms with Crippen LogP contribution in [0, 0.1) is 13.8 Å². The third kappa shape index (κ3) is 4.39. The lowest BCUT2D eigenvalue weighted by Crippen LogP contribution is -2.51. The molecule has 1 aromatic carbocycles. The second-order valence-corrected chi connectivity index (χ2v) is 8.86. The summed E-state index contributed by atoms with van der Waals surface area (Å²) >= 11 is 0. The molecule has 0 radical (unpaired) electrons. The van der Waals surface area contributed by atoms with Crippen molar-refractivity contribution in [3.63, 3.8) is 0 Å². The molecule has 4 amide bonds. The van der Waals surface area contributed by atoms with Gasteiger partial charge in [-0.1, -0.05) is 19.1 Å². The Morgan fingerprint density at radius 1 is 1.20 bits per heavy atom. The molecule has 35 heavy (non-hydrogen) atoms. The maximum atomic E-state index is 12.6. The number of hydrogen-bond acceptors (Lipinski definition) is 6. The maximum Gasteiger partial charge on any atom is 0.254 e. The summed E-state index contributed by atoms with van der Waals surface area (Å²) < 4.78 is 1.57. The molecule has 1 atom stereocenters. The van der Waals surface area contributed by atoms with E-state index in [2.05, 4.69) is 20.7 Å². The number of benzene rings is 1. The number of piperidine rings is 1.